The molecule has 1 aliphatic heterocycles. The summed E-state index contributed by atoms with van der Waals surface area (Å²) in [6.07, 6.45) is 0. The summed E-state index contributed by atoms with van der Waals surface area (Å²) in [5.74, 6) is 0.156. The van der Waals surface area contributed by atoms with Gasteiger partial charge in [0.05, 0.1) is 0 Å². The van der Waals surface area contributed by atoms with Crippen LogP contribution in [0.5, 0.6) is 5.75 Å². The van der Waals surface area contributed by atoms with Gasteiger partial charge >= 0.3 is 82.8 Å². The Labute approximate surface area is 83.0 Å². The number of halogens is 1. The molecule has 1 aromatic rings. The van der Waals surface area contributed by atoms with Crippen molar-refractivity contribution in [3.63, 3.8) is 0 Å². The molecule has 5 heteroatoms. The summed E-state index contributed by atoms with van der Waals surface area (Å²) in [6, 6.07) is 4.98. The van der Waals surface area contributed by atoms with E-state index < -0.39 is 26.6 Å². The zero-order valence-electron chi connectivity index (χ0n) is 6.78. The zero-order chi connectivity index (χ0) is 9.42. The SMILES string of the molecule is COc1ccc2c(c1)C(=O)OI2O. The molecule has 0 spiro atoms. The molecule has 4 nitrogen and oxygen atoms in total. The number of benzene rings is 1. The van der Waals surface area contributed by atoms with Gasteiger partial charge < -0.3 is 0 Å². The first kappa shape index (κ1) is 8.76. The second-order valence-corrected chi connectivity index (χ2v) is 5.36. The summed E-state index contributed by atoms with van der Waals surface area (Å²) in [4.78, 5) is 11.1. The first-order chi connectivity index (χ1) is 6.22. The van der Waals surface area contributed by atoms with Gasteiger partial charge in [0.15, 0.2) is 0 Å². The van der Waals surface area contributed by atoms with Crippen LogP contribution >= 0.6 is 20.6 Å². The van der Waals surface area contributed by atoms with Crippen LogP contribution in [-0.2, 0) is 3.07 Å². The molecule has 0 fully saturated rings. The van der Waals surface area contributed by atoms with E-state index in [9.17, 15) is 8.23 Å². The number of methoxy groups -OCH3 is 1. The second-order valence-electron chi connectivity index (χ2n) is 2.44. The molecule has 0 saturated carbocycles. The van der Waals surface area contributed by atoms with Crippen LogP contribution in [-0.4, -0.2) is 16.5 Å². The van der Waals surface area contributed by atoms with E-state index in [1.54, 1.807) is 18.2 Å². The monoisotopic (exact) mass is 294 g/mol. The molecular weight excluding hydrogens is 287 g/mol. The number of carbonyl (C=O) groups is 1. The van der Waals surface area contributed by atoms with Crippen molar-refractivity contribution >= 4 is 26.6 Å². The average Bonchev–Trinajstić information content (AvgIpc) is 2.42. The van der Waals surface area contributed by atoms with Crippen molar-refractivity contribution in [2.24, 2.45) is 0 Å². The molecule has 0 bridgehead atoms. The van der Waals surface area contributed by atoms with E-state index in [1.807, 2.05) is 0 Å². The number of ether oxygens (including phenoxy) is 1. The molecule has 0 aromatic heterocycles. The van der Waals surface area contributed by atoms with E-state index in [1.165, 1.54) is 7.11 Å². The third kappa shape index (κ3) is 1.37. The Bertz CT molecular complexity index is 363. The van der Waals surface area contributed by atoms with Gasteiger partial charge in [-0.3, -0.25) is 0 Å². The number of hydrogen-bond acceptors (Lipinski definition) is 4. The minimum atomic E-state index is -2.61. The maximum absolute atomic E-state index is 11.1. The summed E-state index contributed by atoms with van der Waals surface area (Å²) in [5, 5.41) is 0. The Balaban J connectivity index is 2.52. The van der Waals surface area contributed by atoms with Gasteiger partial charge in [0.1, 0.15) is 0 Å². The summed E-state index contributed by atoms with van der Waals surface area (Å²) < 4.78 is 19.7. The van der Waals surface area contributed by atoms with Crippen molar-refractivity contribution in [3.8, 4) is 5.75 Å². The van der Waals surface area contributed by atoms with Crippen LogP contribution < -0.4 is 4.74 Å². The molecule has 0 amide bonds. The molecule has 1 N–H and O–H groups in total. The molecule has 1 aliphatic rings. The van der Waals surface area contributed by atoms with Crippen LogP contribution in [0.15, 0.2) is 18.2 Å². The third-order valence-corrected chi connectivity index (χ3v) is 4.46. The van der Waals surface area contributed by atoms with Crippen LogP contribution in [0, 0.1) is 3.57 Å². The van der Waals surface area contributed by atoms with Crippen molar-refractivity contribution in [2.75, 3.05) is 7.11 Å². The number of carbonyl (C=O) groups excluding carboxylic acids is 1. The Hall–Kier alpha value is -0.820. The van der Waals surface area contributed by atoms with Gasteiger partial charge in [-0.1, -0.05) is 0 Å². The fraction of sp³-hybridized carbons (Fsp3) is 0.125. The number of fused-ring (bicyclic) bond motifs is 1. The standard InChI is InChI=1S/C8H7IO4/c1-12-5-2-3-7-6(4-5)8(10)13-9(7)11/h2-4,11H,1H3. The van der Waals surface area contributed by atoms with Crippen molar-refractivity contribution in [2.45, 2.75) is 0 Å². The maximum atomic E-state index is 11.1. The molecule has 2 rings (SSSR count). The Kier molecular flexibility index (Phi) is 2.12. The topological polar surface area (TPSA) is 55.8 Å². The summed E-state index contributed by atoms with van der Waals surface area (Å²) in [7, 11) is 1.53. The molecule has 0 aliphatic carbocycles. The fourth-order valence-electron chi connectivity index (χ4n) is 1.08. The molecule has 0 saturated heterocycles. The van der Waals surface area contributed by atoms with Gasteiger partial charge in [0.25, 0.3) is 0 Å². The first-order valence-corrected chi connectivity index (χ1v) is 6.45. The van der Waals surface area contributed by atoms with E-state index >= 15 is 0 Å². The zero-order valence-corrected chi connectivity index (χ0v) is 8.94. The molecule has 1 heterocycles. The molecule has 70 valence electrons. The van der Waals surface area contributed by atoms with Crippen LogP contribution in [0.1, 0.15) is 10.4 Å². The van der Waals surface area contributed by atoms with Gasteiger partial charge in [0, 0.05) is 0 Å². The van der Waals surface area contributed by atoms with Crippen molar-refractivity contribution in [1.82, 2.24) is 0 Å². The average molecular weight is 294 g/mol. The van der Waals surface area contributed by atoms with Gasteiger partial charge in [-0.2, -0.15) is 0 Å². The van der Waals surface area contributed by atoms with Crippen LogP contribution in [0.4, 0.5) is 0 Å². The van der Waals surface area contributed by atoms with Crippen molar-refractivity contribution in [1.29, 1.82) is 0 Å². The molecular formula is C8H7IO4. The summed E-state index contributed by atoms with van der Waals surface area (Å²) >= 11 is -2.61. The molecule has 0 atom stereocenters. The summed E-state index contributed by atoms with van der Waals surface area (Å²) in [5.41, 5.74) is 0.437. The predicted molar refractivity (Wildman–Crippen MR) is 53.3 cm³/mol. The molecule has 0 unspecified atom stereocenters. The van der Waals surface area contributed by atoms with Crippen molar-refractivity contribution < 1.29 is 16.0 Å². The third-order valence-electron chi connectivity index (χ3n) is 1.71. The van der Waals surface area contributed by atoms with Gasteiger partial charge in [-0.15, -0.1) is 0 Å². The van der Waals surface area contributed by atoms with E-state index in [0.29, 0.717) is 14.9 Å². The Morgan fingerprint density at radius 1 is 1.54 bits per heavy atom. The number of hydrogen-bond donors (Lipinski definition) is 1. The first-order valence-electron chi connectivity index (χ1n) is 3.52. The van der Waals surface area contributed by atoms with Gasteiger partial charge in [0.2, 0.25) is 0 Å². The van der Waals surface area contributed by atoms with E-state index in [4.69, 9.17) is 7.80 Å². The quantitative estimate of drug-likeness (QED) is 0.795. The molecule has 13 heavy (non-hydrogen) atoms. The van der Waals surface area contributed by atoms with E-state index in [-0.39, 0.29) is 0 Å². The van der Waals surface area contributed by atoms with Crippen LogP contribution in [0.2, 0.25) is 0 Å². The predicted octanol–water partition coefficient (Wildman–Crippen LogP) is 1.36. The second kappa shape index (κ2) is 3.15. The molecule has 1 aromatic carbocycles. The minimum absolute atomic E-state index is 0.437. The Morgan fingerprint density at radius 2 is 2.31 bits per heavy atom. The van der Waals surface area contributed by atoms with Crippen LogP contribution in [0.3, 0.4) is 0 Å². The fourth-order valence-corrected chi connectivity index (χ4v) is 3.29. The van der Waals surface area contributed by atoms with Gasteiger partial charge in [-0.25, -0.2) is 0 Å². The molecule has 0 radical (unpaired) electrons. The van der Waals surface area contributed by atoms with E-state index in [2.05, 4.69) is 0 Å². The number of rotatable bonds is 1. The summed E-state index contributed by atoms with van der Waals surface area (Å²) in [6.45, 7) is 0. The van der Waals surface area contributed by atoms with Gasteiger partial charge in [-0.05, 0) is 0 Å². The Morgan fingerprint density at radius 3 is 3.00 bits per heavy atom. The van der Waals surface area contributed by atoms with Crippen LogP contribution in [0.25, 0.3) is 0 Å². The normalized spacial score (nSPS) is 16.8. The van der Waals surface area contributed by atoms with Crippen molar-refractivity contribution in [3.05, 3.63) is 27.3 Å². The van der Waals surface area contributed by atoms with E-state index in [0.717, 1.165) is 0 Å².